The highest BCUT2D eigenvalue weighted by molar-refractivity contribution is 6.44. The summed E-state index contributed by atoms with van der Waals surface area (Å²) in [5, 5.41) is 4.67. The number of halogens is 2. The van der Waals surface area contributed by atoms with E-state index in [1.54, 1.807) is 18.2 Å². The summed E-state index contributed by atoms with van der Waals surface area (Å²) >= 11 is 12.0. The molecular weight excluding hydrogens is 307 g/mol. The monoisotopic (exact) mass is 318 g/mol. The van der Waals surface area contributed by atoms with Gasteiger partial charge in [-0.1, -0.05) is 41.4 Å². The Balaban J connectivity index is 1.75. The summed E-state index contributed by atoms with van der Waals surface area (Å²) in [6, 6.07) is 13.0. The first kappa shape index (κ1) is 14.0. The molecule has 5 heteroatoms. The van der Waals surface area contributed by atoms with E-state index in [0.29, 0.717) is 15.7 Å². The molecule has 0 unspecified atom stereocenters. The average molecular weight is 319 g/mol. The quantitative estimate of drug-likeness (QED) is 0.725. The molecule has 0 bridgehead atoms. The Kier molecular flexibility index (Phi) is 3.86. The van der Waals surface area contributed by atoms with Crippen LogP contribution in [0, 0.1) is 0 Å². The second kappa shape index (κ2) is 5.80. The van der Waals surface area contributed by atoms with Gasteiger partial charge in [0, 0.05) is 11.7 Å². The standard InChI is InChI=1S/C16H12Cl2N2O/c17-12-2-1-3-13(16(12)18)20-15(21)9-10-4-5-11-6-7-19-14(11)8-10/h1-8,19H,9H2,(H,20,21). The zero-order chi connectivity index (χ0) is 14.8. The first-order chi connectivity index (χ1) is 10.1. The third kappa shape index (κ3) is 3.04. The van der Waals surface area contributed by atoms with E-state index in [9.17, 15) is 4.79 Å². The van der Waals surface area contributed by atoms with Crippen LogP contribution in [-0.2, 0) is 11.2 Å². The van der Waals surface area contributed by atoms with E-state index in [-0.39, 0.29) is 12.3 Å². The topological polar surface area (TPSA) is 44.9 Å². The Labute approximate surface area is 131 Å². The molecule has 0 radical (unpaired) electrons. The fourth-order valence-electron chi connectivity index (χ4n) is 2.19. The van der Waals surface area contributed by atoms with Crippen LogP contribution >= 0.6 is 23.2 Å². The molecule has 1 aromatic heterocycles. The number of nitrogens with one attached hydrogen (secondary N) is 2. The molecule has 1 heterocycles. The van der Waals surface area contributed by atoms with Gasteiger partial charge < -0.3 is 10.3 Å². The number of benzene rings is 2. The number of anilines is 1. The first-order valence-corrected chi connectivity index (χ1v) is 7.19. The number of amides is 1. The maximum atomic E-state index is 12.1. The molecule has 3 nitrogen and oxygen atoms in total. The van der Waals surface area contributed by atoms with Gasteiger partial charge >= 0.3 is 0 Å². The summed E-state index contributed by atoms with van der Waals surface area (Å²) in [4.78, 5) is 15.2. The molecule has 21 heavy (non-hydrogen) atoms. The fraction of sp³-hybridized carbons (Fsp3) is 0.0625. The smallest absolute Gasteiger partial charge is 0.228 e. The van der Waals surface area contributed by atoms with Crippen molar-refractivity contribution in [1.82, 2.24) is 4.98 Å². The maximum absolute atomic E-state index is 12.1. The molecule has 0 aliphatic carbocycles. The Morgan fingerprint density at radius 1 is 1.14 bits per heavy atom. The van der Waals surface area contributed by atoms with E-state index in [4.69, 9.17) is 23.2 Å². The van der Waals surface area contributed by atoms with Crippen molar-refractivity contribution in [2.24, 2.45) is 0 Å². The lowest BCUT2D eigenvalue weighted by Crippen LogP contribution is -2.14. The molecule has 3 aromatic rings. The van der Waals surface area contributed by atoms with Crippen molar-refractivity contribution in [3.8, 4) is 0 Å². The van der Waals surface area contributed by atoms with Gasteiger partial charge in [-0.25, -0.2) is 0 Å². The molecule has 0 saturated carbocycles. The predicted octanol–water partition coefficient (Wildman–Crippen LogP) is 4.66. The number of aromatic nitrogens is 1. The van der Waals surface area contributed by atoms with Gasteiger partial charge in [-0.15, -0.1) is 0 Å². The van der Waals surface area contributed by atoms with Gasteiger partial charge in [0.25, 0.3) is 0 Å². The van der Waals surface area contributed by atoms with E-state index in [0.717, 1.165) is 16.5 Å². The molecule has 0 fully saturated rings. The van der Waals surface area contributed by atoms with Gasteiger partial charge in [-0.05, 0) is 35.2 Å². The van der Waals surface area contributed by atoms with E-state index >= 15 is 0 Å². The molecule has 1 amide bonds. The second-order valence-corrected chi connectivity index (χ2v) is 5.51. The molecule has 0 spiro atoms. The molecule has 106 valence electrons. The number of carbonyl (C=O) groups excluding carboxylic acids is 1. The zero-order valence-electron chi connectivity index (χ0n) is 11.0. The third-order valence-corrected chi connectivity index (χ3v) is 4.03. The fourth-order valence-corrected chi connectivity index (χ4v) is 2.53. The van der Waals surface area contributed by atoms with Crippen molar-refractivity contribution in [1.29, 1.82) is 0 Å². The van der Waals surface area contributed by atoms with Crippen LogP contribution in [0.3, 0.4) is 0 Å². The minimum atomic E-state index is -0.134. The highest BCUT2D eigenvalue weighted by Crippen LogP contribution is 2.29. The number of hydrogen-bond acceptors (Lipinski definition) is 1. The Hall–Kier alpha value is -1.97. The van der Waals surface area contributed by atoms with E-state index in [1.807, 2.05) is 30.5 Å². The van der Waals surface area contributed by atoms with Gasteiger partial charge in [0.2, 0.25) is 5.91 Å². The van der Waals surface area contributed by atoms with Gasteiger partial charge in [0.05, 0.1) is 22.2 Å². The highest BCUT2D eigenvalue weighted by Gasteiger charge is 2.09. The minimum absolute atomic E-state index is 0.134. The molecule has 0 atom stereocenters. The number of hydrogen-bond donors (Lipinski definition) is 2. The van der Waals surface area contributed by atoms with Gasteiger partial charge in [0.15, 0.2) is 0 Å². The summed E-state index contributed by atoms with van der Waals surface area (Å²) in [7, 11) is 0. The molecule has 3 rings (SSSR count). The van der Waals surface area contributed by atoms with Crippen molar-refractivity contribution >= 4 is 45.7 Å². The van der Waals surface area contributed by atoms with Crippen molar-refractivity contribution in [3.63, 3.8) is 0 Å². The summed E-state index contributed by atoms with van der Waals surface area (Å²) in [6.07, 6.45) is 2.15. The van der Waals surface area contributed by atoms with Crippen LogP contribution in [-0.4, -0.2) is 10.9 Å². The molecule has 2 aromatic carbocycles. The van der Waals surface area contributed by atoms with Crippen LogP contribution in [0.15, 0.2) is 48.7 Å². The third-order valence-electron chi connectivity index (χ3n) is 3.21. The van der Waals surface area contributed by atoms with Crippen LogP contribution in [0.2, 0.25) is 10.0 Å². The highest BCUT2D eigenvalue weighted by atomic mass is 35.5. The normalized spacial score (nSPS) is 10.8. The summed E-state index contributed by atoms with van der Waals surface area (Å²) in [5.74, 6) is -0.134. The van der Waals surface area contributed by atoms with Crippen molar-refractivity contribution in [2.45, 2.75) is 6.42 Å². The second-order valence-electron chi connectivity index (χ2n) is 4.73. The lowest BCUT2D eigenvalue weighted by molar-refractivity contribution is -0.115. The van der Waals surface area contributed by atoms with Crippen LogP contribution < -0.4 is 5.32 Å². The van der Waals surface area contributed by atoms with Crippen molar-refractivity contribution in [2.75, 3.05) is 5.32 Å². The van der Waals surface area contributed by atoms with E-state index < -0.39 is 0 Å². The van der Waals surface area contributed by atoms with Crippen LogP contribution in [0.5, 0.6) is 0 Å². The number of fused-ring (bicyclic) bond motifs is 1. The largest absolute Gasteiger partial charge is 0.361 e. The minimum Gasteiger partial charge on any atom is -0.361 e. The number of carbonyl (C=O) groups is 1. The summed E-state index contributed by atoms with van der Waals surface area (Å²) in [6.45, 7) is 0. The van der Waals surface area contributed by atoms with Crippen LogP contribution in [0.25, 0.3) is 10.9 Å². The molecule has 0 aliphatic heterocycles. The summed E-state index contributed by atoms with van der Waals surface area (Å²) < 4.78 is 0. The number of aromatic amines is 1. The lowest BCUT2D eigenvalue weighted by atomic mass is 10.1. The van der Waals surface area contributed by atoms with Gasteiger partial charge in [-0.3, -0.25) is 4.79 Å². The number of rotatable bonds is 3. The Morgan fingerprint density at radius 3 is 2.86 bits per heavy atom. The van der Waals surface area contributed by atoms with Crippen molar-refractivity contribution in [3.05, 3.63) is 64.3 Å². The Bertz CT molecular complexity index is 811. The number of H-pyrrole nitrogens is 1. The molecular formula is C16H12Cl2N2O. The van der Waals surface area contributed by atoms with Crippen molar-refractivity contribution < 1.29 is 4.79 Å². The molecule has 0 aliphatic rings. The van der Waals surface area contributed by atoms with Crippen LogP contribution in [0.1, 0.15) is 5.56 Å². The van der Waals surface area contributed by atoms with E-state index in [2.05, 4.69) is 10.3 Å². The zero-order valence-corrected chi connectivity index (χ0v) is 12.5. The average Bonchev–Trinajstić information content (AvgIpc) is 2.91. The SMILES string of the molecule is O=C(Cc1ccc2cc[nH]c2c1)Nc1cccc(Cl)c1Cl. The van der Waals surface area contributed by atoms with E-state index in [1.165, 1.54) is 0 Å². The lowest BCUT2D eigenvalue weighted by Gasteiger charge is -2.08. The van der Waals surface area contributed by atoms with Gasteiger partial charge in [-0.2, -0.15) is 0 Å². The van der Waals surface area contributed by atoms with Crippen LogP contribution in [0.4, 0.5) is 5.69 Å². The predicted molar refractivity (Wildman–Crippen MR) is 87.1 cm³/mol. The Morgan fingerprint density at radius 2 is 2.00 bits per heavy atom. The summed E-state index contributed by atoms with van der Waals surface area (Å²) in [5.41, 5.74) is 2.47. The molecule has 0 saturated heterocycles. The van der Waals surface area contributed by atoms with Gasteiger partial charge in [0.1, 0.15) is 0 Å². The molecule has 2 N–H and O–H groups in total. The first-order valence-electron chi connectivity index (χ1n) is 6.43. The maximum Gasteiger partial charge on any atom is 0.228 e.